The fourth-order valence-electron chi connectivity index (χ4n) is 3.15. The van der Waals surface area contributed by atoms with Crippen LogP contribution in [0, 0.1) is 0 Å². The first kappa shape index (κ1) is 16.3. The molecule has 132 valence electrons. The molecule has 4 rings (SSSR count). The topological polar surface area (TPSA) is 84.7 Å². The van der Waals surface area contributed by atoms with E-state index in [4.69, 9.17) is 0 Å². The molecule has 1 aliphatic rings. The van der Waals surface area contributed by atoms with E-state index in [0.29, 0.717) is 17.9 Å². The van der Waals surface area contributed by atoms with Gasteiger partial charge >= 0.3 is 0 Å². The Morgan fingerprint density at radius 1 is 1.19 bits per heavy atom. The van der Waals surface area contributed by atoms with Crippen molar-refractivity contribution in [1.29, 1.82) is 0 Å². The molecule has 0 radical (unpaired) electrons. The number of carbonyl (C=O) groups excluding carboxylic acids is 1. The molecule has 1 aliphatic heterocycles. The van der Waals surface area contributed by atoms with Crippen LogP contribution < -0.4 is 10.6 Å². The van der Waals surface area contributed by atoms with Crippen LogP contribution in [0.25, 0.3) is 11.5 Å². The first-order valence-electron chi connectivity index (χ1n) is 8.67. The number of anilines is 2. The summed E-state index contributed by atoms with van der Waals surface area (Å²) in [6, 6.07) is 11.8. The summed E-state index contributed by atoms with van der Waals surface area (Å²) in [6.07, 6.45) is 2.54. The van der Waals surface area contributed by atoms with Crippen molar-refractivity contribution in [2.75, 3.05) is 11.9 Å². The summed E-state index contributed by atoms with van der Waals surface area (Å²) in [7, 11) is 0. The smallest absolute Gasteiger partial charge is 0.253 e. The van der Waals surface area contributed by atoms with Crippen LogP contribution >= 0.6 is 0 Å². The average Bonchev–Trinajstić information content (AvgIpc) is 3.12. The van der Waals surface area contributed by atoms with E-state index in [1.807, 2.05) is 41.0 Å². The normalized spacial score (nSPS) is 13.4. The van der Waals surface area contributed by atoms with E-state index in [1.165, 1.54) is 0 Å². The first-order valence-corrected chi connectivity index (χ1v) is 8.67. The van der Waals surface area contributed by atoms with Crippen molar-refractivity contribution in [3.63, 3.8) is 0 Å². The zero-order valence-corrected chi connectivity index (χ0v) is 14.7. The second-order valence-electron chi connectivity index (χ2n) is 6.53. The third kappa shape index (κ3) is 2.92. The third-order valence-corrected chi connectivity index (χ3v) is 4.43. The maximum Gasteiger partial charge on any atom is 0.253 e. The summed E-state index contributed by atoms with van der Waals surface area (Å²) < 4.78 is 1.98. The molecule has 0 saturated heterocycles. The number of amides is 1. The molecular formula is C19H20N6O. The number of hydrogen-bond donors (Lipinski definition) is 2. The van der Waals surface area contributed by atoms with Crippen molar-refractivity contribution in [2.24, 2.45) is 0 Å². The summed E-state index contributed by atoms with van der Waals surface area (Å²) in [5.74, 6) is 1.33. The predicted molar refractivity (Wildman–Crippen MR) is 99.4 cm³/mol. The molecule has 1 amide bonds. The van der Waals surface area contributed by atoms with E-state index in [1.54, 1.807) is 6.33 Å². The molecule has 0 atom stereocenters. The Kier molecular flexibility index (Phi) is 4.12. The van der Waals surface area contributed by atoms with Crippen LogP contribution in [0.2, 0.25) is 0 Å². The van der Waals surface area contributed by atoms with E-state index in [0.717, 1.165) is 29.2 Å². The summed E-state index contributed by atoms with van der Waals surface area (Å²) in [5.41, 5.74) is 3.23. The Bertz CT molecular complexity index is 962. The third-order valence-electron chi connectivity index (χ3n) is 4.43. The maximum atomic E-state index is 12.3. The van der Waals surface area contributed by atoms with Crippen molar-refractivity contribution < 1.29 is 4.79 Å². The number of rotatable bonds is 4. The molecule has 0 bridgehead atoms. The summed E-state index contributed by atoms with van der Waals surface area (Å²) in [6.45, 7) is 4.82. The summed E-state index contributed by atoms with van der Waals surface area (Å²) in [5, 5.41) is 14.4. The average molecular weight is 348 g/mol. The fourth-order valence-corrected chi connectivity index (χ4v) is 3.15. The summed E-state index contributed by atoms with van der Waals surface area (Å²) in [4.78, 5) is 16.9. The molecule has 1 aromatic carbocycles. The molecule has 7 nitrogen and oxygen atoms in total. The highest BCUT2D eigenvalue weighted by atomic mass is 16.1. The van der Waals surface area contributed by atoms with Gasteiger partial charge in [0.25, 0.3) is 5.91 Å². The highest BCUT2D eigenvalue weighted by Gasteiger charge is 2.20. The van der Waals surface area contributed by atoms with Gasteiger partial charge in [-0.2, -0.15) is 0 Å². The van der Waals surface area contributed by atoms with Gasteiger partial charge in [-0.05, 0) is 44.0 Å². The van der Waals surface area contributed by atoms with Gasteiger partial charge in [0.2, 0.25) is 0 Å². The minimum Gasteiger partial charge on any atom is -0.352 e. The number of pyridine rings is 1. The van der Waals surface area contributed by atoms with E-state index in [9.17, 15) is 4.79 Å². The highest BCUT2D eigenvalue weighted by Crippen LogP contribution is 2.27. The number of nitrogens with one attached hydrogen (secondary N) is 2. The molecule has 26 heavy (non-hydrogen) atoms. The number of fused-ring (bicyclic) bond motifs is 1. The number of nitrogens with zero attached hydrogens (tertiary/aromatic N) is 4. The highest BCUT2D eigenvalue weighted by molar-refractivity contribution is 6.02. The van der Waals surface area contributed by atoms with E-state index >= 15 is 0 Å². The van der Waals surface area contributed by atoms with Gasteiger partial charge < -0.3 is 15.2 Å². The van der Waals surface area contributed by atoms with Gasteiger partial charge in [-0.25, -0.2) is 4.98 Å². The molecule has 7 heteroatoms. The van der Waals surface area contributed by atoms with Crippen LogP contribution in [0.15, 0.2) is 42.7 Å². The van der Waals surface area contributed by atoms with Crippen LogP contribution in [0.4, 0.5) is 11.5 Å². The van der Waals surface area contributed by atoms with Gasteiger partial charge in [0.15, 0.2) is 5.82 Å². The van der Waals surface area contributed by atoms with Crippen molar-refractivity contribution in [2.45, 2.75) is 26.3 Å². The van der Waals surface area contributed by atoms with Gasteiger partial charge in [0.05, 0.1) is 11.3 Å². The van der Waals surface area contributed by atoms with Gasteiger partial charge in [-0.3, -0.25) is 4.79 Å². The van der Waals surface area contributed by atoms with Gasteiger partial charge in [0, 0.05) is 12.6 Å². The second-order valence-corrected chi connectivity index (χ2v) is 6.53. The zero-order chi connectivity index (χ0) is 18.1. The zero-order valence-electron chi connectivity index (χ0n) is 14.7. The molecule has 2 N–H and O–H groups in total. The molecule has 0 unspecified atom stereocenters. The largest absolute Gasteiger partial charge is 0.352 e. The summed E-state index contributed by atoms with van der Waals surface area (Å²) >= 11 is 0. The molecule has 0 aliphatic carbocycles. The molecule has 3 aromatic rings. The minimum atomic E-state index is -0.0509. The Hall–Kier alpha value is -3.22. The number of hydrogen-bond acceptors (Lipinski definition) is 5. The standard InChI is InChI=1S/C19H20N6O/c1-12(2)25-11-21-24-18(25)15-7-4-8-16(23-15)22-14-6-3-5-13-9-10-20-19(26)17(13)14/h3-8,11-12H,9-10H2,1-2H3,(H,20,26)(H,22,23). The molecule has 0 fully saturated rings. The molecular weight excluding hydrogens is 328 g/mol. The lowest BCUT2D eigenvalue weighted by Crippen LogP contribution is -2.32. The Labute approximate surface area is 151 Å². The van der Waals surface area contributed by atoms with Crippen LogP contribution in [-0.2, 0) is 6.42 Å². The minimum absolute atomic E-state index is 0.0509. The molecule has 3 heterocycles. The Morgan fingerprint density at radius 3 is 2.88 bits per heavy atom. The number of aromatic nitrogens is 4. The quantitative estimate of drug-likeness (QED) is 0.757. The monoisotopic (exact) mass is 348 g/mol. The van der Waals surface area contributed by atoms with Crippen LogP contribution in [0.3, 0.4) is 0 Å². The number of carbonyl (C=O) groups is 1. The molecule has 0 spiro atoms. The van der Waals surface area contributed by atoms with Gasteiger partial charge in [0.1, 0.15) is 17.8 Å². The molecule has 0 saturated carbocycles. The van der Waals surface area contributed by atoms with Gasteiger partial charge in [-0.15, -0.1) is 10.2 Å². The van der Waals surface area contributed by atoms with Gasteiger partial charge in [-0.1, -0.05) is 18.2 Å². The lowest BCUT2D eigenvalue weighted by Gasteiger charge is -2.20. The Morgan fingerprint density at radius 2 is 2.04 bits per heavy atom. The maximum absolute atomic E-state index is 12.3. The van der Waals surface area contributed by atoms with Crippen molar-refractivity contribution in [3.05, 3.63) is 53.9 Å². The predicted octanol–water partition coefficient (Wildman–Crippen LogP) is 2.95. The second kappa shape index (κ2) is 6.59. The number of benzene rings is 1. The van der Waals surface area contributed by atoms with Crippen molar-refractivity contribution in [1.82, 2.24) is 25.1 Å². The lowest BCUT2D eigenvalue weighted by atomic mass is 9.98. The van der Waals surface area contributed by atoms with E-state index in [2.05, 4.69) is 39.7 Å². The van der Waals surface area contributed by atoms with Crippen molar-refractivity contribution >= 4 is 17.4 Å². The lowest BCUT2D eigenvalue weighted by molar-refractivity contribution is 0.0947. The molecule has 2 aromatic heterocycles. The van der Waals surface area contributed by atoms with Crippen LogP contribution in [0.1, 0.15) is 35.8 Å². The van der Waals surface area contributed by atoms with E-state index < -0.39 is 0 Å². The Balaban J connectivity index is 1.69. The van der Waals surface area contributed by atoms with Crippen LogP contribution in [-0.4, -0.2) is 32.2 Å². The first-order chi connectivity index (χ1) is 12.6. The van der Waals surface area contributed by atoms with E-state index in [-0.39, 0.29) is 11.9 Å². The SMILES string of the molecule is CC(C)n1cnnc1-c1cccc(Nc2cccc3c2C(=O)NCC3)n1. The van der Waals surface area contributed by atoms with Crippen LogP contribution in [0.5, 0.6) is 0 Å². The fraction of sp³-hybridized carbons (Fsp3) is 0.263. The van der Waals surface area contributed by atoms with Crippen molar-refractivity contribution in [3.8, 4) is 11.5 Å².